The van der Waals surface area contributed by atoms with E-state index in [1.807, 2.05) is 13.0 Å². The number of benzene rings is 1. The van der Waals surface area contributed by atoms with Crippen LogP contribution in [0.4, 0.5) is 4.39 Å². The predicted octanol–water partition coefficient (Wildman–Crippen LogP) is 1.24. The monoisotopic (exact) mass is 238 g/mol. The van der Waals surface area contributed by atoms with Crippen LogP contribution in [-0.2, 0) is 13.1 Å². The maximum Gasteiger partial charge on any atom is 0.127 e. The minimum Gasteiger partial charge on any atom is -0.389 e. The summed E-state index contributed by atoms with van der Waals surface area (Å²) in [6.07, 6.45) is 0.741. The molecule has 1 atom stereocenters. The zero-order valence-electron chi connectivity index (χ0n) is 10.1. The van der Waals surface area contributed by atoms with Gasteiger partial charge in [0.1, 0.15) is 5.82 Å². The molecule has 0 aromatic heterocycles. The molecule has 4 heteroatoms. The van der Waals surface area contributed by atoms with Crippen LogP contribution in [0.3, 0.4) is 0 Å². The first-order valence-corrected chi connectivity index (χ1v) is 5.92. The molecule has 17 heavy (non-hydrogen) atoms. The maximum absolute atomic E-state index is 13.6. The van der Waals surface area contributed by atoms with Crippen molar-refractivity contribution < 1.29 is 9.50 Å². The second-order valence-corrected chi connectivity index (χ2v) is 5.09. The molecule has 0 radical (unpaired) electrons. The first kappa shape index (κ1) is 12.5. The van der Waals surface area contributed by atoms with E-state index in [1.54, 1.807) is 6.07 Å². The fraction of sp³-hybridized carbons (Fsp3) is 0.538. The Balaban J connectivity index is 2.08. The molecule has 0 saturated carbocycles. The van der Waals surface area contributed by atoms with E-state index in [0.29, 0.717) is 25.2 Å². The van der Waals surface area contributed by atoms with Crippen LogP contribution in [0.25, 0.3) is 0 Å². The highest BCUT2D eigenvalue weighted by Gasteiger charge is 2.31. The number of nitrogens with two attached hydrogens (primary N) is 1. The van der Waals surface area contributed by atoms with Gasteiger partial charge in [-0.1, -0.05) is 12.1 Å². The Bertz CT molecular complexity index is 406. The Morgan fingerprint density at radius 2 is 2.29 bits per heavy atom. The van der Waals surface area contributed by atoms with Crippen LogP contribution in [0.5, 0.6) is 0 Å². The molecule has 1 heterocycles. The Labute approximate surface area is 101 Å². The van der Waals surface area contributed by atoms with Gasteiger partial charge in [0.25, 0.3) is 0 Å². The third-order valence-corrected chi connectivity index (χ3v) is 3.27. The zero-order valence-corrected chi connectivity index (χ0v) is 10.1. The van der Waals surface area contributed by atoms with E-state index in [-0.39, 0.29) is 5.82 Å². The van der Waals surface area contributed by atoms with E-state index in [4.69, 9.17) is 5.73 Å². The summed E-state index contributed by atoms with van der Waals surface area (Å²) in [5.41, 5.74) is 6.50. The van der Waals surface area contributed by atoms with Gasteiger partial charge in [0.15, 0.2) is 0 Å². The first-order valence-electron chi connectivity index (χ1n) is 5.92. The molecule has 1 saturated heterocycles. The molecular formula is C13H19FN2O. The molecule has 0 amide bonds. The number of aliphatic hydroxyl groups is 1. The van der Waals surface area contributed by atoms with Crippen molar-refractivity contribution in [3.63, 3.8) is 0 Å². The number of halogens is 1. The summed E-state index contributed by atoms with van der Waals surface area (Å²) in [4.78, 5) is 2.07. The predicted molar refractivity (Wildman–Crippen MR) is 64.8 cm³/mol. The lowest BCUT2D eigenvalue weighted by Crippen LogP contribution is -2.29. The molecule has 2 rings (SSSR count). The van der Waals surface area contributed by atoms with Gasteiger partial charge in [0.2, 0.25) is 0 Å². The molecule has 3 N–H and O–H groups in total. The number of β-amino-alcohol motifs (C(OH)–C–C–N with tert-alkyl or cyclic N) is 1. The third kappa shape index (κ3) is 3.03. The van der Waals surface area contributed by atoms with Crippen LogP contribution in [0.2, 0.25) is 0 Å². The van der Waals surface area contributed by atoms with Crippen molar-refractivity contribution in [1.82, 2.24) is 4.90 Å². The Morgan fingerprint density at radius 3 is 2.88 bits per heavy atom. The summed E-state index contributed by atoms with van der Waals surface area (Å²) >= 11 is 0. The van der Waals surface area contributed by atoms with Crippen LogP contribution < -0.4 is 5.73 Å². The summed E-state index contributed by atoms with van der Waals surface area (Å²) < 4.78 is 13.6. The number of likely N-dealkylation sites (tertiary alicyclic amines) is 1. The fourth-order valence-corrected chi connectivity index (χ4v) is 2.29. The summed E-state index contributed by atoms with van der Waals surface area (Å²) in [5, 5.41) is 9.86. The molecular weight excluding hydrogens is 219 g/mol. The molecule has 3 nitrogen and oxygen atoms in total. The van der Waals surface area contributed by atoms with Crippen LogP contribution in [0.1, 0.15) is 24.5 Å². The largest absolute Gasteiger partial charge is 0.389 e. The van der Waals surface area contributed by atoms with E-state index >= 15 is 0 Å². The first-order chi connectivity index (χ1) is 8.00. The van der Waals surface area contributed by atoms with Gasteiger partial charge >= 0.3 is 0 Å². The standard InChI is InChI=1S/C13H19FN2O/c1-13(17)4-5-16(9-13)8-11-6-10(7-15)2-3-12(11)14/h2-3,6,17H,4-5,7-9,15H2,1H3. The van der Waals surface area contributed by atoms with Crippen molar-refractivity contribution in [2.75, 3.05) is 13.1 Å². The van der Waals surface area contributed by atoms with E-state index in [1.165, 1.54) is 6.07 Å². The smallest absolute Gasteiger partial charge is 0.127 e. The van der Waals surface area contributed by atoms with Crippen molar-refractivity contribution in [1.29, 1.82) is 0 Å². The maximum atomic E-state index is 13.6. The van der Waals surface area contributed by atoms with Crippen LogP contribution in [0.15, 0.2) is 18.2 Å². The number of nitrogens with zero attached hydrogens (tertiary/aromatic N) is 1. The van der Waals surface area contributed by atoms with E-state index in [2.05, 4.69) is 4.90 Å². The second kappa shape index (κ2) is 4.72. The average Bonchev–Trinajstić information content (AvgIpc) is 2.61. The molecule has 0 bridgehead atoms. The number of hydrogen-bond acceptors (Lipinski definition) is 3. The van der Waals surface area contributed by atoms with Crippen molar-refractivity contribution in [3.05, 3.63) is 35.1 Å². The van der Waals surface area contributed by atoms with E-state index < -0.39 is 5.60 Å². The molecule has 1 aromatic carbocycles. The highest BCUT2D eigenvalue weighted by molar-refractivity contribution is 5.25. The molecule has 1 fully saturated rings. The average molecular weight is 238 g/mol. The molecule has 94 valence electrons. The Hall–Kier alpha value is -0.970. The van der Waals surface area contributed by atoms with Crippen molar-refractivity contribution >= 4 is 0 Å². The van der Waals surface area contributed by atoms with Gasteiger partial charge in [0, 0.05) is 31.7 Å². The van der Waals surface area contributed by atoms with Crippen molar-refractivity contribution in [3.8, 4) is 0 Å². The minimum absolute atomic E-state index is 0.200. The summed E-state index contributed by atoms with van der Waals surface area (Å²) in [6.45, 7) is 4.18. The van der Waals surface area contributed by atoms with Gasteiger partial charge in [-0.2, -0.15) is 0 Å². The molecule has 0 aliphatic carbocycles. The Morgan fingerprint density at radius 1 is 1.53 bits per heavy atom. The van der Waals surface area contributed by atoms with Crippen LogP contribution >= 0.6 is 0 Å². The van der Waals surface area contributed by atoms with Gasteiger partial charge < -0.3 is 10.8 Å². The van der Waals surface area contributed by atoms with E-state index in [0.717, 1.165) is 18.5 Å². The van der Waals surface area contributed by atoms with Gasteiger partial charge in [0.05, 0.1) is 5.60 Å². The molecule has 1 aromatic rings. The van der Waals surface area contributed by atoms with Crippen molar-refractivity contribution in [2.24, 2.45) is 5.73 Å². The SMILES string of the molecule is CC1(O)CCN(Cc2cc(CN)ccc2F)C1. The highest BCUT2D eigenvalue weighted by atomic mass is 19.1. The van der Waals surface area contributed by atoms with Gasteiger partial charge in [-0.3, -0.25) is 4.90 Å². The number of hydrogen-bond donors (Lipinski definition) is 2. The molecule has 1 aliphatic heterocycles. The fourth-order valence-electron chi connectivity index (χ4n) is 2.29. The zero-order chi connectivity index (χ0) is 12.5. The lowest BCUT2D eigenvalue weighted by molar-refractivity contribution is 0.0677. The van der Waals surface area contributed by atoms with Gasteiger partial charge in [-0.05, 0) is 25.0 Å². The van der Waals surface area contributed by atoms with Gasteiger partial charge in [-0.15, -0.1) is 0 Å². The topological polar surface area (TPSA) is 49.5 Å². The molecule has 1 unspecified atom stereocenters. The third-order valence-electron chi connectivity index (χ3n) is 3.27. The van der Waals surface area contributed by atoms with E-state index in [9.17, 15) is 9.50 Å². The van der Waals surface area contributed by atoms with Crippen molar-refractivity contribution in [2.45, 2.75) is 32.0 Å². The van der Waals surface area contributed by atoms with Crippen LogP contribution in [-0.4, -0.2) is 28.7 Å². The van der Waals surface area contributed by atoms with Crippen LogP contribution in [0, 0.1) is 5.82 Å². The summed E-state index contributed by atoms with van der Waals surface area (Å²) in [6, 6.07) is 4.98. The summed E-state index contributed by atoms with van der Waals surface area (Å²) in [7, 11) is 0. The highest BCUT2D eigenvalue weighted by Crippen LogP contribution is 2.23. The summed E-state index contributed by atoms with van der Waals surface area (Å²) in [5.74, 6) is -0.200. The lowest BCUT2D eigenvalue weighted by atomic mass is 10.1. The molecule has 0 spiro atoms. The Kier molecular flexibility index (Phi) is 3.47. The lowest BCUT2D eigenvalue weighted by Gasteiger charge is -2.19. The number of rotatable bonds is 3. The second-order valence-electron chi connectivity index (χ2n) is 5.09. The normalized spacial score (nSPS) is 25.4. The van der Waals surface area contributed by atoms with Gasteiger partial charge in [-0.25, -0.2) is 4.39 Å². The molecule has 1 aliphatic rings. The minimum atomic E-state index is -0.637. The quantitative estimate of drug-likeness (QED) is 0.833.